The zero-order valence-electron chi connectivity index (χ0n) is 6.93. The van der Waals surface area contributed by atoms with Crippen LogP contribution in [0.5, 0.6) is 0 Å². The molecule has 0 aliphatic heterocycles. The summed E-state index contributed by atoms with van der Waals surface area (Å²) in [4.78, 5) is 7.44. The Balaban J connectivity index is 3.14. The minimum Gasteiger partial charge on any atom is -0.242 e. The lowest BCUT2D eigenvalue weighted by Crippen LogP contribution is -2.15. The summed E-state index contributed by atoms with van der Waals surface area (Å²) >= 11 is 0. The van der Waals surface area contributed by atoms with Gasteiger partial charge in [-0.05, 0) is 0 Å². The third kappa shape index (κ3) is 1.73. The van der Waals surface area contributed by atoms with Gasteiger partial charge < -0.3 is 0 Å². The van der Waals surface area contributed by atoms with Crippen LogP contribution in [0.1, 0.15) is 26.5 Å². The van der Waals surface area contributed by atoms with Gasteiger partial charge in [0.2, 0.25) is 0 Å². The molecular weight excluding hydrogens is 143 g/mol. The standard InChI is InChI=1S/C8H11FN2/c1-8(2,3)7-6(9)4-10-5-11-7/h4-5H,1-3H3. The Labute approximate surface area is 65.5 Å². The van der Waals surface area contributed by atoms with E-state index in [1.165, 1.54) is 12.5 Å². The molecular formula is C8H11FN2. The van der Waals surface area contributed by atoms with E-state index in [2.05, 4.69) is 9.97 Å². The first-order valence-electron chi connectivity index (χ1n) is 3.48. The molecule has 1 heterocycles. The maximum Gasteiger partial charge on any atom is 0.163 e. The molecule has 0 N–H and O–H groups in total. The van der Waals surface area contributed by atoms with Gasteiger partial charge in [0.05, 0.1) is 11.9 Å². The van der Waals surface area contributed by atoms with Gasteiger partial charge in [0.1, 0.15) is 6.33 Å². The quantitative estimate of drug-likeness (QED) is 0.570. The van der Waals surface area contributed by atoms with Crippen LogP contribution in [0.25, 0.3) is 0 Å². The fraction of sp³-hybridized carbons (Fsp3) is 0.500. The minimum absolute atomic E-state index is 0.243. The lowest BCUT2D eigenvalue weighted by Gasteiger charge is -2.16. The smallest absolute Gasteiger partial charge is 0.163 e. The molecule has 0 aromatic carbocycles. The molecule has 3 heteroatoms. The predicted octanol–water partition coefficient (Wildman–Crippen LogP) is 1.91. The Hall–Kier alpha value is -0.990. The first-order valence-corrected chi connectivity index (χ1v) is 3.48. The number of aromatic nitrogens is 2. The van der Waals surface area contributed by atoms with E-state index in [0.29, 0.717) is 5.69 Å². The van der Waals surface area contributed by atoms with Crippen molar-refractivity contribution in [1.82, 2.24) is 9.97 Å². The lowest BCUT2D eigenvalue weighted by atomic mass is 9.92. The van der Waals surface area contributed by atoms with Crippen molar-refractivity contribution in [2.45, 2.75) is 26.2 Å². The summed E-state index contributed by atoms with van der Waals surface area (Å²) < 4.78 is 13.0. The van der Waals surface area contributed by atoms with Crippen molar-refractivity contribution in [2.24, 2.45) is 0 Å². The number of hydrogen-bond donors (Lipinski definition) is 0. The zero-order chi connectivity index (χ0) is 8.48. The van der Waals surface area contributed by atoms with E-state index in [1.54, 1.807) is 0 Å². The predicted molar refractivity (Wildman–Crippen MR) is 40.7 cm³/mol. The number of halogens is 1. The van der Waals surface area contributed by atoms with Crippen LogP contribution in [-0.4, -0.2) is 9.97 Å². The monoisotopic (exact) mass is 154 g/mol. The molecule has 1 aromatic rings. The van der Waals surface area contributed by atoms with E-state index in [4.69, 9.17) is 0 Å². The molecule has 0 atom stereocenters. The van der Waals surface area contributed by atoms with Crippen LogP contribution < -0.4 is 0 Å². The van der Waals surface area contributed by atoms with Crippen molar-refractivity contribution < 1.29 is 4.39 Å². The molecule has 0 saturated carbocycles. The zero-order valence-corrected chi connectivity index (χ0v) is 6.93. The van der Waals surface area contributed by atoms with E-state index < -0.39 is 0 Å². The third-order valence-corrected chi connectivity index (χ3v) is 1.38. The van der Waals surface area contributed by atoms with Gasteiger partial charge in [0.25, 0.3) is 0 Å². The SMILES string of the molecule is CC(C)(C)c1ncncc1F. The summed E-state index contributed by atoms with van der Waals surface area (Å²) in [6, 6.07) is 0. The van der Waals surface area contributed by atoms with Crippen LogP contribution in [0.3, 0.4) is 0 Å². The number of rotatable bonds is 0. The van der Waals surface area contributed by atoms with Crippen molar-refractivity contribution >= 4 is 0 Å². The van der Waals surface area contributed by atoms with Gasteiger partial charge in [-0.1, -0.05) is 20.8 Å². The van der Waals surface area contributed by atoms with E-state index in [-0.39, 0.29) is 11.2 Å². The topological polar surface area (TPSA) is 25.8 Å². The lowest BCUT2D eigenvalue weighted by molar-refractivity contribution is 0.498. The second kappa shape index (κ2) is 2.57. The second-order valence-corrected chi connectivity index (χ2v) is 3.47. The van der Waals surface area contributed by atoms with Crippen molar-refractivity contribution in [3.63, 3.8) is 0 Å². The van der Waals surface area contributed by atoms with Gasteiger partial charge in [-0.3, -0.25) is 0 Å². The highest BCUT2D eigenvalue weighted by Crippen LogP contribution is 2.21. The van der Waals surface area contributed by atoms with Crippen LogP contribution in [0.15, 0.2) is 12.5 Å². The number of nitrogens with zero attached hydrogens (tertiary/aromatic N) is 2. The largest absolute Gasteiger partial charge is 0.242 e. The van der Waals surface area contributed by atoms with Gasteiger partial charge in [0, 0.05) is 5.41 Å². The Morgan fingerprint density at radius 2 is 2.00 bits per heavy atom. The van der Waals surface area contributed by atoms with Gasteiger partial charge >= 0.3 is 0 Å². The summed E-state index contributed by atoms with van der Waals surface area (Å²) in [5, 5.41) is 0. The van der Waals surface area contributed by atoms with Gasteiger partial charge in [-0.25, -0.2) is 14.4 Å². The Kier molecular flexibility index (Phi) is 1.89. The summed E-state index contributed by atoms with van der Waals surface area (Å²) in [6.07, 6.45) is 2.55. The average Bonchev–Trinajstić information content (AvgIpc) is 1.86. The van der Waals surface area contributed by atoms with Crippen LogP contribution in [-0.2, 0) is 5.41 Å². The molecule has 0 radical (unpaired) electrons. The fourth-order valence-electron chi connectivity index (χ4n) is 0.865. The highest BCUT2D eigenvalue weighted by Gasteiger charge is 2.19. The molecule has 2 nitrogen and oxygen atoms in total. The van der Waals surface area contributed by atoms with E-state index in [9.17, 15) is 4.39 Å². The van der Waals surface area contributed by atoms with E-state index >= 15 is 0 Å². The molecule has 1 aromatic heterocycles. The van der Waals surface area contributed by atoms with Gasteiger partial charge in [-0.2, -0.15) is 0 Å². The van der Waals surface area contributed by atoms with Crippen LogP contribution in [0, 0.1) is 5.82 Å². The van der Waals surface area contributed by atoms with Crippen LogP contribution in [0.4, 0.5) is 4.39 Å². The molecule has 60 valence electrons. The molecule has 0 amide bonds. The Bertz CT molecular complexity index is 253. The first kappa shape index (κ1) is 8.11. The fourth-order valence-corrected chi connectivity index (χ4v) is 0.865. The maximum atomic E-state index is 13.0. The summed E-state index contributed by atoms with van der Waals surface area (Å²) in [5.74, 6) is -0.333. The van der Waals surface area contributed by atoms with E-state index in [0.717, 1.165) is 0 Å². The molecule has 0 fully saturated rings. The molecule has 0 spiro atoms. The summed E-state index contributed by atoms with van der Waals surface area (Å²) in [7, 11) is 0. The second-order valence-electron chi connectivity index (χ2n) is 3.47. The first-order chi connectivity index (χ1) is 5.02. The number of hydrogen-bond acceptors (Lipinski definition) is 2. The van der Waals surface area contributed by atoms with Gasteiger partial charge in [-0.15, -0.1) is 0 Å². The molecule has 0 bridgehead atoms. The van der Waals surface area contributed by atoms with Crippen molar-refractivity contribution in [3.05, 3.63) is 24.0 Å². The molecule has 0 saturated heterocycles. The highest BCUT2D eigenvalue weighted by atomic mass is 19.1. The van der Waals surface area contributed by atoms with Gasteiger partial charge in [0.15, 0.2) is 5.82 Å². The molecule has 1 rings (SSSR count). The molecule has 0 aliphatic carbocycles. The Morgan fingerprint density at radius 1 is 1.36 bits per heavy atom. The molecule has 0 unspecified atom stereocenters. The molecule has 11 heavy (non-hydrogen) atoms. The third-order valence-electron chi connectivity index (χ3n) is 1.38. The van der Waals surface area contributed by atoms with Crippen molar-refractivity contribution in [3.8, 4) is 0 Å². The molecule has 0 aliphatic rings. The van der Waals surface area contributed by atoms with Crippen molar-refractivity contribution in [1.29, 1.82) is 0 Å². The average molecular weight is 154 g/mol. The van der Waals surface area contributed by atoms with Crippen LogP contribution in [0.2, 0.25) is 0 Å². The van der Waals surface area contributed by atoms with Crippen LogP contribution >= 0.6 is 0 Å². The summed E-state index contributed by atoms with van der Waals surface area (Å²) in [6.45, 7) is 5.75. The normalized spacial score (nSPS) is 11.6. The minimum atomic E-state index is -0.333. The van der Waals surface area contributed by atoms with Crippen molar-refractivity contribution in [2.75, 3.05) is 0 Å². The summed E-state index contributed by atoms with van der Waals surface area (Å²) in [5.41, 5.74) is 0.222. The maximum absolute atomic E-state index is 13.0. The van der Waals surface area contributed by atoms with E-state index in [1.807, 2.05) is 20.8 Å². The Morgan fingerprint density at radius 3 is 2.36 bits per heavy atom. The highest BCUT2D eigenvalue weighted by molar-refractivity contribution is 5.12.